The molecule has 1 amide bonds. The van der Waals surface area contributed by atoms with Gasteiger partial charge in [0.15, 0.2) is 5.96 Å². The fraction of sp³-hybridized carbons (Fsp3) is 0.652. The number of amides is 1. The van der Waals surface area contributed by atoms with Gasteiger partial charge in [-0.25, -0.2) is 4.39 Å². The number of nitrogens with zero attached hydrogens (tertiary/aromatic N) is 3. The standard InChI is InChI=1S/C23H35FN4O2/c1-4-20(28-14-6-7-22(28)29)12-13-26-23(25-5-2)27-15-17(3)30-21(16-27)18-8-10-19(24)11-9-18/h8-11,17,20-21H,4-7,12-16H2,1-3H3,(H,25,26). The van der Waals surface area contributed by atoms with Crippen LogP contribution < -0.4 is 5.32 Å². The van der Waals surface area contributed by atoms with Crippen LogP contribution in [0.5, 0.6) is 0 Å². The van der Waals surface area contributed by atoms with E-state index in [0.29, 0.717) is 19.5 Å². The van der Waals surface area contributed by atoms with Crippen molar-refractivity contribution >= 4 is 11.9 Å². The highest BCUT2D eigenvalue weighted by Gasteiger charge is 2.29. The lowest BCUT2D eigenvalue weighted by Gasteiger charge is -2.39. The SMILES string of the molecule is CCNC(=NCCC(CC)N1CCCC1=O)N1CC(C)OC(c2ccc(F)cc2)C1. The summed E-state index contributed by atoms with van der Waals surface area (Å²) in [5.74, 6) is 0.917. The number of ether oxygens (including phenoxy) is 1. The van der Waals surface area contributed by atoms with E-state index in [-0.39, 0.29) is 30.0 Å². The molecule has 2 heterocycles. The first kappa shape index (κ1) is 22.5. The molecule has 2 fully saturated rings. The molecule has 1 aromatic carbocycles. The zero-order valence-corrected chi connectivity index (χ0v) is 18.4. The first-order valence-corrected chi connectivity index (χ1v) is 11.3. The number of morpholine rings is 1. The van der Waals surface area contributed by atoms with Crippen molar-refractivity contribution in [2.45, 2.75) is 64.7 Å². The van der Waals surface area contributed by atoms with Gasteiger partial charge in [-0.2, -0.15) is 0 Å². The summed E-state index contributed by atoms with van der Waals surface area (Å²) in [4.78, 5) is 21.2. The Morgan fingerprint density at radius 2 is 2.07 bits per heavy atom. The molecular formula is C23H35FN4O2. The van der Waals surface area contributed by atoms with Crippen LogP contribution in [0.4, 0.5) is 4.39 Å². The van der Waals surface area contributed by atoms with Gasteiger partial charge in [-0.15, -0.1) is 0 Å². The summed E-state index contributed by atoms with van der Waals surface area (Å²) in [6, 6.07) is 6.80. The van der Waals surface area contributed by atoms with Gasteiger partial charge >= 0.3 is 0 Å². The number of halogens is 1. The Morgan fingerprint density at radius 3 is 2.70 bits per heavy atom. The second kappa shape index (κ2) is 10.8. The molecule has 2 aliphatic heterocycles. The van der Waals surface area contributed by atoms with Crippen LogP contribution in [0.1, 0.15) is 58.1 Å². The number of aliphatic imine (C=N–C) groups is 1. The van der Waals surface area contributed by atoms with Gasteiger partial charge in [0, 0.05) is 38.6 Å². The Bertz CT molecular complexity index is 724. The van der Waals surface area contributed by atoms with Crippen molar-refractivity contribution < 1.29 is 13.9 Å². The maximum atomic E-state index is 13.3. The summed E-state index contributed by atoms with van der Waals surface area (Å²) in [6.07, 6.45) is 3.40. The van der Waals surface area contributed by atoms with Crippen molar-refractivity contribution in [2.24, 2.45) is 4.99 Å². The number of benzene rings is 1. The number of hydrogen-bond acceptors (Lipinski definition) is 3. The van der Waals surface area contributed by atoms with Crippen LogP contribution in [0.15, 0.2) is 29.3 Å². The lowest BCUT2D eigenvalue weighted by molar-refractivity contribution is -0.129. The number of carbonyl (C=O) groups is 1. The molecule has 30 heavy (non-hydrogen) atoms. The van der Waals surface area contributed by atoms with Gasteiger partial charge in [0.2, 0.25) is 5.91 Å². The molecule has 0 spiro atoms. The minimum atomic E-state index is -0.240. The molecular weight excluding hydrogens is 383 g/mol. The summed E-state index contributed by atoms with van der Waals surface area (Å²) < 4.78 is 19.4. The van der Waals surface area contributed by atoms with Crippen molar-refractivity contribution in [3.63, 3.8) is 0 Å². The Morgan fingerprint density at radius 1 is 1.30 bits per heavy atom. The predicted molar refractivity (Wildman–Crippen MR) is 117 cm³/mol. The molecule has 0 aliphatic carbocycles. The number of carbonyl (C=O) groups excluding carboxylic acids is 1. The molecule has 3 atom stereocenters. The van der Waals surface area contributed by atoms with Gasteiger partial charge < -0.3 is 19.9 Å². The van der Waals surface area contributed by atoms with Crippen LogP contribution in [-0.2, 0) is 9.53 Å². The minimum Gasteiger partial charge on any atom is -0.367 e. The highest BCUT2D eigenvalue weighted by Crippen LogP contribution is 2.25. The van der Waals surface area contributed by atoms with Crippen molar-refractivity contribution in [2.75, 3.05) is 32.7 Å². The van der Waals surface area contributed by atoms with E-state index in [0.717, 1.165) is 50.4 Å². The van der Waals surface area contributed by atoms with E-state index in [2.05, 4.69) is 31.0 Å². The molecule has 3 rings (SSSR count). The quantitative estimate of drug-likeness (QED) is 0.545. The third-order valence-corrected chi connectivity index (χ3v) is 5.88. The number of likely N-dealkylation sites (tertiary alicyclic amines) is 1. The second-order valence-electron chi connectivity index (χ2n) is 8.17. The van der Waals surface area contributed by atoms with Crippen LogP contribution in [0.2, 0.25) is 0 Å². The predicted octanol–water partition coefficient (Wildman–Crippen LogP) is 3.34. The van der Waals surface area contributed by atoms with E-state index in [1.165, 1.54) is 12.1 Å². The Kier molecular flexibility index (Phi) is 8.08. The Labute approximate surface area is 179 Å². The highest BCUT2D eigenvalue weighted by molar-refractivity contribution is 5.80. The molecule has 0 bridgehead atoms. The summed E-state index contributed by atoms with van der Waals surface area (Å²) in [5, 5.41) is 3.40. The average molecular weight is 419 g/mol. The molecule has 7 heteroatoms. The summed E-state index contributed by atoms with van der Waals surface area (Å²) in [7, 11) is 0. The van der Waals surface area contributed by atoms with Gasteiger partial charge in [-0.1, -0.05) is 19.1 Å². The summed E-state index contributed by atoms with van der Waals surface area (Å²) >= 11 is 0. The van der Waals surface area contributed by atoms with Gasteiger partial charge in [-0.05, 0) is 50.8 Å². The third-order valence-electron chi connectivity index (χ3n) is 5.88. The van der Waals surface area contributed by atoms with Crippen molar-refractivity contribution in [3.05, 3.63) is 35.6 Å². The molecule has 6 nitrogen and oxygen atoms in total. The van der Waals surface area contributed by atoms with E-state index in [1.807, 2.05) is 4.90 Å². The average Bonchev–Trinajstić information content (AvgIpc) is 3.16. The first-order chi connectivity index (χ1) is 14.5. The molecule has 0 saturated carbocycles. The van der Waals surface area contributed by atoms with Crippen LogP contribution in [0, 0.1) is 5.82 Å². The summed E-state index contributed by atoms with van der Waals surface area (Å²) in [6.45, 7) is 10.0. The monoisotopic (exact) mass is 418 g/mol. The Balaban J connectivity index is 1.65. The number of guanidine groups is 1. The van der Waals surface area contributed by atoms with Crippen molar-refractivity contribution in [1.29, 1.82) is 0 Å². The molecule has 166 valence electrons. The second-order valence-corrected chi connectivity index (χ2v) is 8.17. The van der Waals surface area contributed by atoms with E-state index in [1.54, 1.807) is 12.1 Å². The van der Waals surface area contributed by atoms with Gasteiger partial charge in [0.05, 0.1) is 12.6 Å². The summed E-state index contributed by atoms with van der Waals surface area (Å²) in [5.41, 5.74) is 0.974. The van der Waals surface area contributed by atoms with E-state index in [9.17, 15) is 9.18 Å². The lowest BCUT2D eigenvalue weighted by atomic mass is 10.1. The van der Waals surface area contributed by atoms with Gasteiger partial charge in [-0.3, -0.25) is 9.79 Å². The number of hydrogen-bond donors (Lipinski definition) is 1. The molecule has 2 aliphatic rings. The van der Waals surface area contributed by atoms with E-state index < -0.39 is 0 Å². The fourth-order valence-electron chi connectivity index (χ4n) is 4.37. The maximum absolute atomic E-state index is 13.3. The molecule has 1 N–H and O–H groups in total. The van der Waals surface area contributed by atoms with Crippen LogP contribution in [-0.4, -0.2) is 66.5 Å². The zero-order chi connectivity index (χ0) is 21.5. The Hall–Kier alpha value is -2.15. The normalized spacial score (nSPS) is 23.7. The lowest BCUT2D eigenvalue weighted by Crippen LogP contribution is -2.50. The molecule has 2 saturated heterocycles. The molecule has 1 aromatic rings. The molecule has 0 aromatic heterocycles. The van der Waals surface area contributed by atoms with Crippen LogP contribution in [0.25, 0.3) is 0 Å². The zero-order valence-electron chi connectivity index (χ0n) is 18.4. The smallest absolute Gasteiger partial charge is 0.222 e. The third kappa shape index (κ3) is 5.72. The largest absolute Gasteiger partial charge is 0.367 e. The first-order valence-electron chi connectivity index (χ1n) is 11.3. The van der Waals surface area contributed by atoms with Crippen molar-refractivity contribution in [1.82, 2.24) is 15.1 Å². The molecule has 3 unspecified atom stereocenters. The van der Waals surface area contributed by atoms with Crippen LogP contribution in [0.3, 0.4) is 0 Å². The van der Waals surface area contributed by atoms with Crippen molar-refractivity contribution in [3.8, 4) is 0 Å². The van der Waals surface area contributed by atoms with E-state index >= 15 is 0 Å². The fourth-order valence-corrected chi connectivity index (χ4v) is 4.37. The highest BCUT2D eigenvalue weighted by atomic mass is 19.1. The van der Waals surface area contributed by atoms with Gasteiger partial charge in [0.25, 0.3) is 0 Å². The topological polar surface area (TPSA) is 57.2 Å². The molecule has 0 radical (unpaired) electrons. The van der Waals surface area contributed by atoms with Gasteiger partial charge in [0.1, 0.15) is 11.9 Å². The van der Waals surface area contributed by atoms with Crippen LogP contribution >= 0.6 is 0 Å². The maximum Gasteiger partial charge on any atom is 0.222 e. The number of rotatable bonds is 7. The minimum absolute atomic E-state index is 0.0447. The number of nitrogens with one attached hydrogen (secondary N) is 1. The van der Waals surface area contributed by atoms with E-state index in [4.69, 9.17) is 9.73 Å².